The van der Waals surface area contributed by atoms with Crippen LogP contribution in [0.5, 0.6) is 5.75 Å². The van der Waals surface area contributed by atoms with Gasteiger partial charge in [-0.25, -0.2) is 9.59 Å². The molecule has 1 aromatic heterocycles. The zero-order chi connectivity index (χ0) is 22.0. The molecule has 11 heteroatoms. The smallest absolute Gasteiger partial charge is 0.373 e. The van der Waals surface area contributed by atoms with Crippen LogP contribution in [0.25, 0.3) is 6.08 Å². The van der Waals surface area contributed by atoms with E-state index in [2.05, 4.69) is 10.1 Å². The van der Waals surface area contributed by atoms with Gasteiger partial charge in [0.1, 0.15) is 11.5 Å². The van der Waals surface area contributed by atoms with Gasteiger partial charge in [0.25, 0.3) is 5.91 Å². The number of rotatable bonds is 5. The van der Waals surface area contributed by atoms with E-state index in [1.165, 1.54) is 32.2 Å². The Morgan fingerprint density at radius 2 is 1.87 bits per heavy atom. The van der Waals surface area contributed by atoms with Gasteiger partial charge >= 0.3 is 18.0 Å². The van der Waals surface area contributed by atoms with Crippen LogP contribution in [0.4, 0.5) is 4.79 Å². The number of carbonyl (C=O) groups is 4. The molecule has 0 bridgehead atoms. The van der Waals surface area contributed by atoms with E-state index in [1.807, 2.05) is 45.2 Å². The fourth-order valence-electron chi connectivity index (χ4n) is 2.61. The number of esters is 2. The summed E-state index contributed by atoms with van der Waals surface area (Å²) in [5.74, 6) is -0.944. The lowest BCUT2D eigenvalue weighted by Gasteiger charge is -2.09. The fraction of sp³-hybridized carbons (Fsp3) is 0.158. The predicted octanol–water partition coefficient (Wildman–Crippen LogP) is 3.29. The van der Waals surface area contributed by atoms with E-state index in [9.17, 15) is 19.2 Å². The molecule has 1 aromatic carbocycles. The molecule has 0 saturated carbocycles. The molecule has 0 spiro atoms. The van der Waals surface area contributed by atoms with E-state index in [-0.39, 0.29) is 23.8 Å². The quantitative estimate of drug-likeness (QED) is 0.176. The summed E-state index contributed by atoms with van der Waals surface area (Å²) in [7, 11) is 1.22. The molecule has 0 radical (unpaired) electrons. The predicted molar refractivity (Wildman–Crippen MR) is 120 cm³/mol. The summed E-state index contributed by atoms with van der Waals surface area (Å²) in [6, 6.07) is 5.75. The van der Waals surface area contributed by atoms with Crippen molar-refractivity contribution in [3.8, 4) is 5.75 Å². The lowest BCUT2D eigenvalue weighted by Crippen LogP contribution is -2.30. The van der Waals surface area contributed by atoms with Gasteiger partial charge in [0.05, 0.1) is 20.8 Å². The van der Waals surface area contributed by atoms with Crippen LogP contribution in [0.2, 0.25) is 0 Å². The van der Waals surface area contributed by atoms with Gasteiger partial charge in [0, 0.05) is 6.92 Å². The Kier molecular flexibility index (Phi) is 6.80. The number of urea groups is 1. The zero-order valence-electron chi connectivity index (χ0n) is 15.7. The highest BCUT2D eigenvalue weighted by Crippen LogP contribution is 2.30. The third-order valence-electron chi connectivity index (χ3n) is 3.90. The van der Waals surface area contributed by atoms with Gasteiger partial charge in [0.2, 0.25) is 5.76 Å². The van der Waals surface area contributed by atoms with Crippen molar-refractivity contribution in [2.24, 2.45) is 0 Å². The summed E-state index contributed by atoms with van der Waals surface area (Å²) in [5, 5.41) is 2.52. The SMILES string of the molecule is COC(=O)c1ccc(CN2C(=O)N/C(=C\c3cc(I)c(OC(C)=O)c(I)c3)C2=O)o1. The van der Waals surface area contributed by atoms with Crippen molar-refractivity contribution in [1.82, 2.24) is 10.2 Å². The Morgan fingerprint density at radius 3 is 2.47 bits per heavy atom. The highest BCUT2D eigenvalue weighted by molar-refractivity contribution is 14.1. The summed E-state index contributed by atoms with van der Waals surface area (Å²) < 4.78 is 16.4. The number of ether oxygens (including phenoxy) is 2. The molecule has 2 heterocycles. The van der Waals surface area contributed by atoms with E-state index in [4.69, 9.17) is 9.15 Å². The number of methoxy groups -OCH3 is 1. The van der Waals surface area contributed by atoms with Crippen molar-refractivity contribution < 1.29 is 33.1 Å². The molecule has 0 unspecified atom stereocenters. The average molecular weight is 636 g/mol. The van der Waals surface area contributed by atoms with E-state index in [0.29, 0.717) is 18.5 Å². The topological polar surface area (TPSA) is 115 Å². The van der Waals surface area contributed by atoms with Crippen LogP contribution in [-0.4, -0.2) is 35.9 Å². The molecule has 3 rings (SSSR count). The van der Waals surface area contributed by atoms with Crippen molar-refractivity contribution in [3.63, 3.8) is 0 Å². The van der Waals surface area contributed by atoms with E-state index >= 15 is 0 Å². The zero-order valence-corrected chi connectivity index (χ0v) is 20.0. The number of imide groups is 1. The molecule has 0 atom stereocenters. The normalized spacial score (nSPS) is 14.8. The number of nitrogens with one attached hydrogen (secondary N) is 1. The summed E-state index contributed by atoms with van der Waals surface area (Å²) in [6.45, 7) is 1.18. The highest BCUT2D eigenvalue weighted by atomic mass is 127. The van der Waals surface area contributed by atoms with Crippen molar-refractivity contribution >= 4 is 75.1 Å². The molecule has 2 aromatic rings. The fourth-order valence-corrected chi connectivity index (χ4v) is 4.65. The first-order chi connectivity index (χ1) is 14.2. The molecule has 30 heavy (non-hydrogen) atoms. The maximum Gasteiger partial charge on any atom is 0.373 e. The third kappa shape index (κ3) is 4.83. The van der Waals surface area contributed by atoms with E-state index < -0.39 is 23.9 Å². The first-order valence-electron chi connectivity index (χ1n) is 8.38. The first-order valence-corrected chi connectivity index (χ1v) is 10.5. The number of furan rings is 1. The first kappa shape index (κ1) is 22.3. The second-order valence-electron chi connectivity index (χ2n) is 6.04. The Bertz CT molecular complexity index is 1070. The number of carbonyl (C=O) groups excluding carboxylic acids is 4. The molecule has 1 aliphatic rings. The highest BCUT2D eigenvalue weighted by Gasteiger charge is 2.34. The minimum atomic E-state index is -0.652. The summed E-state index contributed by atoms with van der Waals surface area (Å²) in [5.41, 5.74) is 0.739. The van der Waals surface area contributed by atoms with Crippen LogP contribution in [0.1, 0.15) is 28.8 Å². The molecule has 1 N–H and O–H groups in total. The molecular formula is C19H14I2N2O7. The summed E-state index contributed by atoms with van der Waals surface area (Å²) in [6.07, 6.45) is 1.53. The summed E-state index contributed by atoms with van der Waals surface area (Å²) in [4.78, 5) is 48.6. The summed E-state index contributed by atoms with van der Waals surface area (Å²) >= 11 is 4.05. The van der Waals surface area contributed by atoms with Crippen LogP contribution >= 0.6 is 45.2 Å². The van der Waals surface area contributed by atoms with E-state index in [0.717, 1.165) is 4.90 Å². The Labute approximate surface area is 198 Å². The Hall–Kier alpha value is -2.42. The van der Waals surface area contributed by atoms with Crippen LogP contribution in [-0.2, 0) is 20.9 Å². The lowest BCUT2D eigenvalue weighted by molar-refractivity contribution is -0.132. The number of hydrogen-bond acceptors (Lipinski definition) is 7. The number of halogens is 2. The standard InChI is InChI=1S/C19H14I2N2O7/c1-9(24)29-16-12(20)5-10(6-13(16)21)7-14-17(25)23(19(27)22-14)8-11-3-4-15(30-11)18(26)28-2/h3-7H,8H2,1-2H3,(H,22,27)/b14-7-. The van der Waals surface area contributed by atoms with Crippen molar-refractivity contribution in [2.45, 2.75) is 13.5 Å². The van der Waals surface area contributed by atoms with Gasteiger partial charge in [-0.2, -0.15) is 0 Å². The van der Waals surface area contributed by atoms with Crippen molar-refractivity contribution in [1.29, 1.82) is 0 Å². The Balaban J connectivity index is 1.80. The van der Waals surface area contributed by atoms with Crippen LogP contribution in [0, 0.1) is 7.14 Å². The van der Waals surface area contributed by atoms with Gasteiger partial charge in [-0.05, 0) is 81.1 Å². The second-order valence-corrected chi connectivity index (χ2v) is 8.37. The maximum atomic E-state index is 12.7. The van der Waals surface area contributed by atoms with E-state index in [1.54, 1.807) is 12.1 Å². The van der Waals surface area contributed by atoms with Crippen molar-refractivity contribution in [2.75, 3.05) is 7.11 Å². The van der Waals surface area contributed by atoms with Crippen LogP contribution < -0.4 is 10.1 Å². The minimum absolute atomic E-state index is 0.0210. The molecular weight excluding hydrogens is 622 g/mol. The molecule has 3 amide bonds. The molecule has 1 saturated heterocycles. The van der Waals surface area contributed by atoms with Gasteiger partial charge < -0.3 is 19.2 Å². The number of amides is 3. The molecule has 1 aliphatic heterocycles. The number of benzene rings is 1. The third-order valence-corrected chi connectivity index (χ3v) is 5.50. The van der Waals surface area contributed by atoms with Gasteiger partial charge in [-0.15, -0.1) is 0 Å². The van der Waals surface area contributed by atoms with Gasteiger partial charge in [-0.1, -0.05) is 0 Å². The van der Waals surface area contributed by atoms with Crippen LogP contribution in [0.3, 0.4) is 0 Å². The molecule has 0 aliphatic carbocycles. The van der Waals surface area contributed by atoms with Crippen LogP contribution in [0.15, 0.2) is 34.4 Å². The molecule has 9 nitrogen and oxygen atoms in total. The molecule has 1 fully saturated rings. The van der Waals surface area contributed by atoms with Gasteiger partial charge in [0.15, 0.2) is 5.75 Å². The van der Waals surface area contributed by atoms with Gasteiger partial charge in [-0.3, -0.25) is 14.5 Å². The Morgan fingerprint density at radius 1 is 1.20 bits per heavy atom. The lowest BCUT2D eigenvalue weighted by atomic mass is 10.2. The number of hydrogen-bond donors (Lipinski definition) is 1. The maximum absolute atomic E-state index is 12.7. The second kappa shape index (κ2) is 9.16. The number of nitrogens with zero attached hydrogens (tertiary/aromatic N) is 1. The minimum Gasteiger partial charge on any atom is -0.463 e. The molecule has 156 valence electrons. The average Bonchev–Trinajstić information content (AvgIpc) is 3.25. The van der Waals surface area contributed by atoms with Crippen molar-refractivity contribution in [3.05, 3.63) is 54.2 Å². The largest absolute Gasteiger partial charge is 0.463 e. The monoisotopic (exact) mass is 636 g/mol.